The zero-order chi connectivity index (χ0) is 22.7. The molecule has 1 unspecified atom stereocenters. The molecule has 13 heteroatoms. The molecule has 0 aliphatic heterocycles. The Morgan fingerprint density at radius 3 is 2.57 bits per heavy atom. The van der Waals surface area contributed by atoms with Crippen molar-refractivity contribution in [2.75, 3.05) is 10.7 Å². The molecule has 2 rings (SSSR count). The number of carbonyl (C=O) groups excluding carboxylic acids is 2. The highest BCUT2D eigenvalue weighted by atomic mass is 32.2. The molecule has 3 N–H and O–H groups in total. The molecular formula is C17H22FN4O5PS2. The van der Waals surface area contributed by atoms with Crippen molar-refractivity contribution >= 4 is 47.0 Å². The Bertz CT molecular complexity index is 1050. The van der Waals surface area contributed by atoms with Gasteiger partial charge in [0.25, 0.3) is 10.0 Å². The summed E-state index contributed by atoms with van der Waals surface area (Å²) < 4.78 is 47.0. The van der Waals surface area contributed by atoms with Crippen LogP contribution < -0.4 is 15.3 Å². The zero-order valence-corrected chi connectivity index (χ0v) is 19.4. The third kappa shape index (κ3) is 5.51. The highest BCUT2D eigenvalue weighted by Gasteiger charge is 2.32. The summed E-state index contributed by atoms with van der Waals surface area (Å²) in [7, 11) is -4.51. The molecule has 9 nitrogen and oxygen atoms in total. The summed E-state index contributed by atoms with van der Waals surface area (Å²) in [6.07, 6.45) is -0.334. The fraction of sp³-hybridized carbons (Fsp3) is 0.353. The van der Waals surface area contributed by atoms with Gasteiger partial charge in [-0.3, -0.25) is 10.2 Å². The third-order valence-electron chi connectivity index (χ3n) is 3.60. The number of thiazole rings is 1. The highest BCUT2D eigenvalue weighted by Crippen LogP contribution is 2.38. The van der Waals surface area contributed by atoms with E-state index < -0.39 is 33.3 Å². The lowest BCUT2D eigenvalue weighted by molar-refractivity contribution is -0.120. The van der Waals surface area contributed by atoms with Crippen LogP contribution >= 0.6 is 20.1 Å². The number of aromatic nitrogens is 1. The van der Waals surface area contributed by atoms with E-state index in [0.29, 0.717) is 0 Å². The Morgan fingerprint density at radius 2 is 2.03 bits per heavy atom. The van der Waals surface area contributed by atoms with Crippen LogP contribution in [0.5, 0.6) is 0 Å². The number of sulfonamides is 1. The molecule has 1 aromatic heterocycles. The SMILES string of the molecule is CPN(c1scnc1C(=O)OC(C)(C)C)S(=O)(=O)c1ccc(CC(=O)NN)c(F)c1. The topological polar surface area (TPSA) is 132 Å². The van der Waals surface area contributed by atoms with E-state index >= 15 is 0 Å². The second kappa shape index (κ2) is 9.34. The molecule has 0 saturated heterocycles. The fourth-order valence-corrected chi connectivity index (χ4v) is 6.39. The Hall–Kier alpha value is -2.14. The van der Waals surface area contributed by atoms with Crippen LogP contribution in [0.15, 0.2) is 28.6 Å². The molecule has 0 saturated carbocycles. The molecule has 0 aliphatic rings. The van der Waals surface area contributed by atoms with Crippen LogP contribution in [-0.4, -0.2) is 37.5 Å². The molecule has 0 aliphatic carbocycles. The number of nitrogens with zero attached hydrogens (tertiary/aromatic N) is 2. The predicted molar refractivity (Wildman–Crippen MR) is 114 cm³/mol. The minimum Gasteiger partial charge on any atom is -0.455 e. The second-order valence-electron chi connectivity index (χ2n) is 7.00. The quantitative estimate of drug-likeness (QED) is 0.206. The van der Waals surface area contributed by atoms with E-state index in [0.717, 1.165) is 21.5 Å². The van der Waals surface area contributed by atoms with Crippen LogP contribution in [0.2, 0.25) is 0 Å². The first kappa shape index (κ1) is 24.1. The number of amides is 1. The molecular weight excluding hydrogens is 454 g/mol. The lowest BCUT2D eigenvalue weighted by Crippen LogP contribution is -2.31. The van der Waals surface area contributed by atoms with Gasteiger partial charge in [-0.05, 0) is 53.9 Å². The number of hydrazine groups is 1. The van der Waals surface area contributed by atoms with Gasteiger partial charge in [0.15, 0.2) is 5.69 Å². The summed E-state index contributed by atoms with van der Waals surface area (Å²) in [5, 5.41) is 0.0806. The zero-order valence-electron chi connectivity index (χ0n) is 16.7. The maximum Gasteiger partial charge on any atom is 0.360 e. The molecule has 1 amide bonds. The summed E-state index contributed by atoms with van der Waals surface area (Å²) >= 11 is 0.958. The first-order chi connectivity index (χ1) is 13.9. The minimum absolute atomic E-state index is 0.00497. The van der Waals surface area contributed by atoms with E-state index in [1.807, 2.05) is 5.43 Å². The van der Waals surface area contributed by atoms with Crippen LogP contribution in [0.25, 0.3) is 0 Å². The van der Waals surface area contributed by atoms with Gasteiger partial charge in [0.05, 0.1) is 16.8 Å². The Morgan fingerprint density at radius 1 is 1.37 bits per heavy atom. The molecule has 1 heterocycles. The number of hydrogen-bond donors (Lipinski definition) is 2. The molecule has 1 atom stereocenters. The Labute approximate surface area is 179 Å². The number of rotatable bonds is 7. The minimum atomic E-state index is -4.20. The van der Waals surface area contributed by atoms with Crippen molar-refractivity contribution < 1.29 is 27.1 Å². The van der Waals surface area contributed by atoms with Gasteiger partial charge in [-0.1, -0.05) is 6.07 Å². The molecule has 164 valence electrons. The molecule has 0 spiro atoms. The van der Waals surface area contributed by atoms with Crippen molar-refractivity contribution in [3.8, 4) is 0 Å². The number of carbonyl (C=O) groups is 2. The predicted octanol–water partition coefficient (Wildman–Crippen LogP) is 2.19. The largest absolute Gasteiger partial charge is 0.455 e. The number of benzene rings is 1. The van der Waals surface area contributed by atoms with Gasteiger partial charge >= 0.3 is 5.97 Å². The Balaban J connectivity index is 2.42. The van der Waals surface area contributed by atoms with Crippen LogP contribution in [0, 0.1) is 5.82 Å². The number of nitrogens with one attached hydrogen (secondary N) is 1. The van der Waals surface area contributed by atoms with Gasteiger partial charge in [0.2, 0.25) is 5.91 Å². The van der Waals surface area contributed by atoms with Crippen LogP contribution in [0.1, 0.15) is 36.8 Å². The third-order valence-corrected chi connectivity index (χ3v) is 8.10. The van der Waals surface area contributed by atoms with E-state index in [-0.39, 0.29) is 36.3 Å². The molecule has 2 aromatic rings. The van der Waals surface area contributed by atoms with Gasteiger partial charge in [-0.15, -0.1) is 11.3 Å². The standard InChI is InChI=1S/C17H22FN4O5PS2/c1-17(2,3)27-16(24)14-15(29-9-20-14)22(28-4)30(25,26)11-6-5-10(12(18)8-11)7-13(23)21-19/h5-6,8-9,28H,7,19H2,1-4H3,(H,21,23). The molecule has 1 aromatic carbocycles. The van der Waals surface area contributed by atoms with E-state index in [1.54, 1.807) is 27.4 Å². The summed E-state index contributed by atoms with van der Waals surface area (Å²) in [6.45, 7) is 6.65. The van der Waals surface area contributed by atoms with Crippen LogP contribution in [0.3, 0.4) is 0 Å². The summed E-state index contributed by atoms with van der Waals surface area (Å²) in [5.41, 5.74) is 2.30. The summed E-state index contributed by atoms with van der Waals surface area (Å²) in [6, 6.07) is 3.23. The van der Waals surface area contributed by atoms with Crippen molar-refractivity contribution in [3.63, 3.8) is 0 Å². The first-order valence-corrected chi connectivity index (χ1v) is 12.3. The van der Waals surface area contributed by atoms with Crippen LogP contribution in [-0.2, 0) is 26.0 Å². The van der Waals surface area contributed by atoms with Crippen molar-refractivity contribution in [1.82, 2.24) is 10.4 Å². The van der Waals surface area contributed by atoms with E-state index in [1.165, 1.54) is 17.6 Å². The molecule has 0 bridgehead atoms. The van der Waals surface area contributed by atoms with Gasteiger partial charge < -0.3 is 4.74 Å². The van der Waals surface area contributed by atoms with Gasteiger partial charge in [-0.25, -0.2) is 32.5 Å². The molecule has 30 heavy (non-hydrogen) atoms. The normalized spacial score (nSPS) is 12.2. The number of nitrogens with two attached hydrogens (primary N) is 1. The second-order valence-corrected chi connectivity index (χ2v) is 10.8. The average Bonchev–Trinajstić information content (AvgIpc) is 3.11. The highest BCUT2D eigenvalue weighted by molar-refractivity contribution is 7.98. The van der Waals surface area contributed by atoms with Gasteiger partial charge in [0.1, 0.15) is 16.4 Å². The van der Waals surface area contributed by atoms with Crippen molar-refractivity contribution in [2.24, 2.45) is 5.84 Å². The maximum atomic E-state index is 14.4. The summed E-state index contributed by atoms with van der Waals surface area (Å²) in [4.78, 5) is 27.4. The van der Waals surface area contributed by atoms with Crippen molar-refractivity contribution in [3.05, 3.63) is 40.8 Å². The number of halogens is 1. The monoisotopic (exact) mass is 476 g/mol. The number of ether oxygens (including phenoxy) is 1. The van der Waals surface area contributed by atoms with Gasteiger partial charge in [0, 0.05) is 0 Å². The van der Waals surface area contributed by atoms with Crippen molar-refractivity contribution in [2.45, 2.75) is 37.7 Å². The van der Waals surface area contributed by atoms with Gasteiger partial charge in [-0.2, -0.15) is 0 Å². The number of anilines is 1. The fourth-order valence-electron chi connectivity index (χ4n) is 2.34. The van der Waals surface area contributed by atoms with Crippen molar-refractivity contribution in [1.29, 1.82) is 0 Å². The number of esters is 1. The first-order valence-electron chi connectivity index (χ1n) is 8.58. The lowest BCUT2D eigenvalue weighted by atomic mass is 10.1. The average molecular weight is 476 g/mol. The lowest BCUT2D eigenvalue weighted by Gasteiger charge is -2.23. The number of hydrogen-bond acceptors (Lipinski definition) is 8. The van der Waals surface area contributed by atoms with E-state index in [9.17, 15) is 22.4 Å². The summed E-state index contributed by atoms with van der Waals surface area (Å²) in [5.74, 6) is 2.75. The maximum absolute atomic E-state index is 14.4. The Kier molecular flexibility index (Phi) is 7.51. The molecule has 0 radical (unpaired) electrons. The smallest absolute Gasteiger partial charge is 0.360 e. The molecule has 0 fully saturated rings. The van der Waals surface area contributed by atoms with E-state index in [2.05, 4.69) is 4.98 Å². The van der Waals surface area contributed by atoms with Crippen LogP contribution in [0.4, 0.5) is 9.39 Å². The van der Waals surface area contributed by atoms with E-state index in [4.69, 9.17) is 10.6 Å².